The number of H-pyrrole nitrogens is 1. The van der Waals surface area contributed by atoms with Crippen LogP contribution < -0.4 is 10.2 Å². The number of nitrogens with zero attached hydrogens (tertiary/aromatic N) is 3. The number of aromatic nitrogens is 1. The molecule has 10 heteroatoms. The van der Waals surface area contributed by atoms with Crippen LogP contribution in [0, 0.1) is 0 Å². The first-order chi connectivity index (χ1) is 18.4. The van der Waals surface area contributed by atoms with Crippen LogP contribution in [0.15, 0.2) is 54.7 Å². The molecule has 0 unspecified atom stereocenters. The maximum atomic E-state index is 13.5. The molecule has 1 aromatic heterocycles. The van der Waals surface area contributed by atoms with Gasteiger partial charge >= 0.3 is 6.18 Å². The van der Waals surface area contributed by atoms with Gasteiger partial charge < -0.3 is 25.0 Å². The average Bonchev–Trinajstić information content (AvgIpc) is 3.42. The summed E-state index contributed by atoms with van der Waals surface area (Å²) in [7, 11) is 2.10. The SMILES string of the molecule is CN1CCN(c2ccc(C(=O)Nc3c[nH]c4c3CN(C(=O)Cc3ccccc3C(F)(F)F)C4(C)C)cc2)CC1. The summed E-state index contributed by atoms with van der Waals surface area (Å²) in [5.41, 5.74) is 1.99. The Kier molecular flexibility index (Phi) is 6.92. The van der Waals surface area contributed by atoms with Gasteiger partial charge in [0.25, 0.3) is 5.91 Å². The molecular weight excluding hydrogens is 507 g/mol. The summed E-state index contributed by atoms with van der Waals surface area (Å²) in [5.74, 6) is -0.693. The van der Waals surface area contributed by atoms with E-state index >= 15 is 0 Å². The van der Waals surface area contributed by atoms with Gasteiger partial charge in [0.05, 0.1) is 29.8 Å². The maximum absolute atomic E-state index is 13.5. The number of piperazine rings is 1. The number of amides is 2. The molecule has 7 nitrogen and oxygen atoms in total. The first-order valence-electron chi connectivity index (χ1n) is 13.0. The number of likely N-dealkylation sites (N-methyl/N-ethyl adjacent to an activating group) is 1. The van der Waals surface area contributed by atoms with Crippen LogP contribution in [0.3, 0.4) is 0 Å². The normalized spacial score (nSPS) is 17.3. The minimum absolute atomic E-state index is 0.0603. The van der Waals surface area contributed by atoms with Crippen molar-refractivity contribution in [3.8, 4) is 0 Å². The van der Waals surface area contributed by atoms with Crippen LogP contribution in [0.5, 0.6) is 0 Å². The summed E-state index contributed by atoms with van der Waals surface area (Å²) >= 11 is 0. The molecule has 39 heavy (non-hydrogen) atoms. The van der Waals surface area contributed by atoms with Crippen molar-refractivity contribution in [2.24, 2.45) is 0 Å². The maximum Gasteiger partial charge on any atom is 0.416 e. The smallest absolute Gasteiger partial charge is 0.369 e. The Hall–Kier alpha value is -3.79. The van der Waals surface area contributed by atoms with Crippen LogP contribution in [-0.2, 0) is 29.5 Å². The van der Waals surface area contributed by atoms with E-state index in [4.69, 9.17) is 0 Å². The molecule has 3 heterocycles. The third-order valence-electron chi connectivity index (χ3n) is 7.80. The van der Waals surface area contributed by atoms with Crippen molar-refractivity contribution < 1.29 is 22.8 Å². The van der Waals surface area contributed by atoms with E-state index in [0.717, 1.165) is 49.2 Å². The summed E-state index contributed by atoms with van der Waals surface area (Å²) in [6.07, 6.45) is -3.21. The van der Waals surface area contributed by atoms with Crippen molar-refractivity contribution in [1.82, 2.24) is 14.8 Å². The number of benzene rings is 2. The lowest BCUT2D eigenvalue weighted by Gasteiger charge is -2.34. The van der Waals surface area contributed by atoms with Crippen LogP contribution in [-0.4, -0.2) is 59.8 Å². The molecule has 0 bridgehead atoms. The van der Waals surface area contributed by atoms with Crippen LogP contribution in [0.25, 0.3) is 0 Å². The summed E-state index contributed by atoms with van der Waals surface area (Å²) < 4.78 is 40.4. The molecule has 2 aliphatic heterocycles. The Morgan fingerprint density at radius 1 is 1.00 bits per heavy atom. The number of carbonyl (C=O) groups is 2. The van der Waals surface area contributed by atoms with Crippen molar-refractivity contribution in [2.75, 3.05) is 43.4 Å². The van der Waals surface area contributed by atoms with Crippen molar-refractivity contribution in [1.29, 1.82) is 0 Å². The number of fused-ring (bicyclic) bond motifs is 1. The number of anilines is 2. The van der Waals surface area contributed by atoms with Crippen molar-refractivity contribution in [3.05, 3.63) is 82.7 Å². The van der Waals surface area contributed by atoms with E-state index in [1.165, 1.54) is 18.2 Å². The standard InChI is InChI=1S/C29H32F3N5O2/c1-28(2)26-22(18-37(28)25(38)16-20-6-4-5-7-23(20)29(30,31)32)24(17-33-26)34-27(39)19-8-10-21(11-9-19)36-14-12-35(3)13-15-36/h4-11,17,33H,12-16,18H2,1-3H3,(H,34,39). The highest BCUT2D eigenvalue weighted by atomic mass is 19.4. The number of nitrogens with one attached hydrogen (secondary N) is 2. The third kappa shape index (κ3) is 5.25. The molecule has 0 atom stereocenters. The van der Waals surface area contributed by atoms with Gasteiger partial charge in [0.15, 0.2) is 0 Å². The number of rotatable bonds is 5. The van der Waals surface area contributed by atoms with Gasteiger partial charge in [0.2, 0.25) is 5.91 Å². The van der Waals surface area contributed by atoms with Gasteiger partial charge in [-0.25, -0.2) is 0 Å². The first kappa shape index (κ1) is 26.8. The fourth-order valence-electron chi connectivity index (χ4n) is 5.46. The largest absolute Gasteiger partial charge is 0.416 e. The van der Waals surface area contributed by atoms with E-state index < -0.39 is 23.2 Å². The number of hydrogen-bond acceptors (Lipinski definition) is 4. The van der Waals surface area contributed by atoms with Crippen molar-refractivity contribution in [2.45, 2.75) is 38.5 Å². The predicted molar refractivity (Wildman–Crippen MR) is 144 cm³/mol. The molecule has 5 rings (SSSR count). The highest BCUT2D eigenvalue weighted by Crippen LogP contribution is 2.42. The molecule has 0 aliphatic carbocycles. The minimum Gasteiger partial charge on any atom is -0.369 e. The molecule has 1 saturated heterocycles. The molecule has 1 fully saturated rings. The zero-order valence-electron chi connectivity index (χ0n) is 22.2. The van der Waals surface area contributed by atoms with Gasteiger partial charge in [-0.15, -0.1) is 0 Å². The topological polar surface area (TPSA) is 71.7 Å². The lowest BCUT2D eigenvalue weighted by Crippen LogP contribution is -2.44. The molecule has 2 N–H and O–H groups in total. The Labute approximate surface area is 225 Å². The zero-order valence-corrected chi connectivity index (χ0v) is 22.2. The zero-order chi connectivity index (χ0) is 27.9. The van der Waals surface area contributed by atoms with Gasteiger partial charge in [0.1, 0.15) is 0 Å². The molecule has 3 aromatic rings. The highest BCUT2D eigenvalue weighted by Gasteiger charge is 2.43. The Morgan fingerprint density at radius 3 is 2.33 bits per heavy atom. The molecule has 0 saturated carbocycles. The fraction of sp³-hybridized carbons (Fsp3) is 0.379. The summed E-state index contributed by atoms with van der Waals surface area (Å²) in [6, 6.07) is 12.6. The predicted octanol–water partition coefficient (Wildman–Crippen LogP) is 4.86. The monoisotopic (exact) mass is 539 g/mol. The minimum atomic E-state index is -4.54. The van der Waals surface area contributed by atoms with Crippen molar-refractivity contribution >= 4 is 23.2 Å². The molecule has 2 aromatic carbocycles. The van der Waals surface area contributed by atoms with Gasteiger partial charge in [-0.2, -0.15) is 13.2 Å². The number of carbonyl (C=O) groups excluding carboxylic acids is 2. The summed E-state index contributed by atoms with van der Waals surface area (Å²) in [6.45, 7) is 7.71. The van der Waals surface area contributed by atoms with E-state index in [0.29, 0.717) is 11.3 Å². The molecule has 2 aliphatic rings. The second kappa shape index (κ2) is 10.1. The van der Waals surface area contributed by atoms with Crippen LogP contribution >= 0.6 is 0 Å². The number of halogens is 3. The second-order valence-corrected chi connectivity index (χ2v) is 10.7. The first-order valence-corrected chi connectivity index (χ1v) is 13.0. The Bertz CT molecular complexity index is 1370. The van der Waals surface area contributed by atoms with Crippen LogP contribution in [0.4, 0.5) is 24.5 Å². The van der Waals surface area contributed by atoms with E-state index in [1.54, 1.807) is 23.2 Å². The van der Waals surface area contributed by atoms with E-state index in [1.807, 2.05) is 26.0 Å². The number of aromatic amines is 1. The third-order valence-corrected chi connectivity index (χ3v) is 7.80. The fourth-order valence-corrected chi connectivity index (χ4v) is 5.46. The van der Waals surface area contributed by atoms with E-state index in [2.05, 4.69) is 27.1 Å². The average molecular weight is 540 g/mol. The summed E-state index contributed by atoms with van der Waals surface area (Å²) in [5, 5.41) is 2.94. The number of hydrogen-bond donors (Lipinski definition) is 2. The van der Waals surface area contributed by atoms with Crippen LogP contribution in [0.2, 0.25) is 0 Å². The molecular formula is C29H32F3N5O2. The van der Waals surface area contributed by atoms with Gasteiger partial charge in [-0.3, -0.25) is 9.59 Å². The molecule has 2 amide bonds. The molecule has 0 radical (unpaired) electrons. The van der Waals surface area contributed by atoms with Gasteiger partial charge in [0, 0.05) is 54.9 Å². The van der Waals surface area contributed by atoms with Gasteiger partial charge in [-0.1, -0.05) is 18.2 Å². The van der Waals surface area contributed by atoms with E-state index in [9.17, 15) is 22.8 Å². The Balaban J connectivity index is 1.28. The quantitative estimate of drug-likeness (QED) is 0.486. The van der Waals surface area contributed by atoms with Gasteiger partial charge in [-0.05, 0) is 56.8 Å². The lowest BCUT2D eigenvalue weighted by molar-refractivity contribution is -0.139. The lowest BCUT2D eigenvalue weighted by atomic mass is 9.99. The Morgan fingerprint density at radius 2 is 1.67 bits per heavy atom. The van der Waals surface area contributed by atoms with E-state index in [-0.39, 0.29) is 24.4 Å². The molecule has 0 spiro atoms. The highest BCUT2D eigenvalue weighted by molar-refractivity contribution is 6.05. The van der Waals surface area contributed by atoms with Crippen molar-refractivity contribution in [3.63, 3.8) is 0 Å². The summed E-state index contributed by atoms with van der Waals surface area (Å²) in [4.78, 5) is 35.6. The second-order valence-electron chi connectivity index (χ2n) is 10.7. The van der Waals surface area contributed by atoms with Crippen LogP contribution in [0.1, 0.15) is 46.6 Å². The number of alkyl halides is 3. The molecule has 206 valence electrons.